The molecule has 116 valence electrons. The first-order chi connectivity index (χ1) is 10.6. The van der Waals surface area contributed by atoms with Gasteiger partial charge in [-0.1, -0.05) is 0 Å². The predicted molar refractivity (Wildman–Crippen MR) is 80.9 cm³/mol. The van der Waals surface area contributed by atoms with Crippen molar-refractivity contribution in [3.05, 3.63) is 40.5 Å². The number of rotatable bonds is 3. The second-order valence-corrected chi connectivity index (χ2v) is 5.38. The number of imidazole rings is 1. The number of hydrogen-bond donors (Lipinski definition) is 3. The van der Waals surface area contributed by atoms with Crippen molar-refractivity contribution in [2.75, 3.05) is 18.0 Å². The van der Waals surface area contributed by atoms with Crippen molar-refractivity contribution in [1.29, 1.82) is 0 Å². The zero-order valence-corrected chi connectivity index (χ0v) is 12.3. The van der Waals surface area contributed by atoms with Gasteiger partial charge in [0.2, 0.25) is 0 Å². The number of aromatic amines is 2. The number of amides is 1. The Bertz CT molecular complexity index is 722. The highest BCUT2D eigenvalue weighted by atomic mass is 16.2. The summed E-state index contributed by atoms with van der Waals surface area (Å²) in [5, 5.41) is 2.98. The van der Waals surface area contributed by atoms with Crippen molar-refractivity contribution in [3.63, 3.8) is 0 Å². The molecular formula is C14H18N6O2. The van der Waals surface area contributed by atoms with Gasteiger partial charge in [-0.25, -0.2) is 9.97 Å². The van der Waals surface area contributed by atoms with Crippen LogP contribution in [-0.4, -0.2) is 45.0 Å². The molecule has 22 heavy (non-hydrogen) atoms. The van der Waals surface area contributed by atoms with Gasteiger partial charge >= 0.3 is 0 Å². The fourth-order valence-electron chi connectivity index (χ4n) is 2.66. The molecule has 1 fully saturated rings. The van der Waals surface area contributed by atoms with E-state index in [2.05, 4.69) is 25.3 Å². The Morgan fingerprint density at radius 1 is 1.45 bits per heavy atom. The van der Waals surface area contributed by atoms with E-state index in [9.17, 15) is 9.59 Å². The maximum atomic E-state index is 12.2. The highest BCUT2D eigenvalue weighted by Crippen LogP contribution is 2.14. The number of anilines is 1. The summed E-state index contributed by atoms with van der Waals surface area (Å²) in [7, 11) is 0. The lowest BCUT2D eigenvalue weighted by molar-refractivity contribution is 0.0928. The average Bonchev–Trinajstić information content (AvgIpc) is 2.95. The van der Waals surface area contributed by atoms with Crippen LogP contribution in [0.1, 0.15) is 29.2 Å². The molecule has 0 saturated carbocycles. The lowest BCUT2D eigenvalue weighted by Gasteiger charge is -2.33. The van der Waals surface area contributed by atoms with E-state index in [-0.39, 0.29) is 17.5 Å². The molecule has 3 heterocycles. The Labute approximate surface area is 127 Å². The largest absolute Gasteiger partial charge is 0.350 e. The van der Waals surface area contributed by atoms with E-state index in [1.165, 1.54) is 12.4 Å². The quantitative estimate of drug-likeness (QED) is 0.751. The Balaban J connectivity index is 1.67. The molecule has 8 nitrogen and oxygen atoms in total. The molecule has 0 bridgehead atoms. The summed E-state index contributed by atoms with van der Waals surface area (Å²) in [6.45, 7) is 3.13. The van der Waals surface area contributed by atoms with E-state index >= 15 is 0 Å². The van der Waals surface area contributed by atoms with Crippen LogP contribution in [0.5, 0.6) is 0 Å². The van der Waals surface area contributed by atoms with Crippen LogP contribution in [0.25, 0.3) is 0 Å². The highest BCUT2D eigenvalue weighted by Gasteiger charge is 2.24. The van der Waals surface area contributed by atoms with E-state index in [0.717, 1.165) is 19.4 Å². The minimum Gasteiger partial charge on any atom is -0.350 e. The van der Waals surface area contributed by atoms with E-state index in [0.29, 0.717) is 23.9 Å². The van der Waals surface area contributed by atoms with Crippen molar-refractivity contribution < 1.29 is 4.79 Å². The van der Waals surface area contributed by atoms with Crippen molar-refractivity contribution in [3.8, 4) is 0 Å². The Kier molecular flexibility index (Phi) is 3.90. The Hall–Kier alpha value is -2.64. The number of nitrogens with zero attached hydrogens (tertiary/aromatic N) is 3. The third kappa shape index (κ3) is 3.00. The number of aromatic nitrogens is 4. The summed E-state index contributed by atoms with van der Waals surface area (Å²) in [4.78, 5) is 39.6. The lowest BCUT2D eigenvalue weighted by Crippen LogP contribution is -2.49. The summed E-state index contributed by atoms with van der Waals surface area (Å²) in [5.41, 5.74) is 0.240. The van der Waals surface area contributed by atoms with Crippen LogP contribution in [0, 0.1) is 6.92 Å². The molecule has 1 amide bonds. The second kappa shape index (κ2) is 6.00. The van der Waals surface area contributed by atoms with Crippen molar-refractivity contribution >= 4 is 11.7 Å². The summed E-state index contributed by atoms with van der Waals surface area (Å²) < 4.78 is 0. The molecule has 0 aromatic carbocycles. The molecule has 8 heteroatoms. The minimum atomic E-state index is -0.210. The molecule has 3 rings (SSSR count). The summed E-state index contributed by atoms with van der Waals surface area (Å²) in [5.74, 6) is 0.927. The summed E-state index contributed by atoms with van der Waals surface area (Å²) in [6.07, 6.45) is 6.36. The van der Waals surface area contributed by atoms with Crippen molar-refractivity contribution in [2.45, 2.75) is 25.8 Å². The van der Waals surface area contributed by atoms with Gasteiger partial charge in [0.1, 0.15) is 11.5 Å². The molecule has 2 aromatic rings. The number of carbonyl (C=O) groups excluding carboxylic acids is 1. The van der Waals surface area contributed by atoms with Crippen molar-refractivity contribution in [2.24, 2.45) is 0 Å². The number of H-pyrrole nitrogens is 2. The number of hydrogen-bond acceptors (Lipinski definition) is 5. The molecular weight excluding hydrogens is 284 g/mol. The Morgan fingerprint density at radius 3 is 3.05 bits per heavy atom. The first-order valence-electron chi connectivity index (χ1n) is 7.24. The van der Waals surface area contributed by atoms with Gasteiger partial charge < -0.3 is 20.2 Å². The molecule has 2 aromatic heterocycles. The smallest absolute Gasteiger partial charge is 0.290 e. The molecule has 0 aliphatic carbocycles. The average molecular weight is 302 g/mol. The van der Waals surface area contributed by atoms with E-state index in [1.807, 2.05) is 4.90 Å². The van der Waals surface area contributed by atoms with Gasteiger partial charge in [-0.15, -0.1) is 0 Å². The van der Waals surface area contributed by atoms with Crippen LogP contribution in [0.4, 0.5) is 5.82 Å². The Morgan fingerprint density at radius 2 is 2.32 bits per heavy atom. The van der Waals surface area contributed by atoms with Gasteiger partial charge in [0.05, 0.1) is 6.20 Å². The zero-order valence-electron chi connectivity index (χ0n) is 12.3. The predicted octanol–water partition coefficient (Wildman–Crippen LogP) is 0.200. The first kappa shape index (κ1) is 14.3. The minimum absolute atomic E-state index is 0.0220. The standard InChI is InChI=1S/C14H18N6O2/c1-9-17-7-11(18-9)13(21)19-10-3-2-6-20(8-10)12-14(22)16-5-4-15-12/h4-5,7,10H,2-3,6,8H2,1H3,(H,16,22)(H,17,18)(H,19,21)/t10-/m0/s1. The van der Waals surface area contributed by atoms with Crippen LogP contribution in [0.2, 0.25) is 0 Å². The van der Waals surface area contributed by atoms with Crippen molar-refractivity contribution in [1.82, 2.24) is 25.3 Å². The zero-order chi connectivity index (χ0) is 15.5. The van der Waals surface area contributed by atoms with Crippen LogP contribution < -0.4 is 15.8 Å². The molecule has 1 atom stereocenters. The van der Waals surface area contributed by atoms with Gasteiger partial charge in [0.15, 0.2) is 5.82 Å². The van der Waals surface area contributed by atoms with E-state index in [4.69, 9.17) is 0 Å². The fourth-order valence-corrected chi connectivity index (χ4v) is 2.66. The summed E-state index contributed by atoms with van der Waals surface area (Å²) in [6, 6.07) is -0.0220. The monoisotopic (exact) mass is 302 g/mol. The summed E-state index contributed by atoms with van der Waals surface area (Å²) >= 11 is 0. The number of aryl methyl sites for hydroxylation is 1. The number of piperidine rings is 1. The first-order valence-corrected chi connectivity index (χ1v) is 7.24. The van der Waals surface area contributed by atoms with Gasteiger partial charge in [-0.2, -0.15) is 0 Å². The lowest BCUT2D eigenvalue weighted by atomic mass is 10.1. The number of nitrogens with one attached hydrogen (secondary N) is 3. The molecule has 0 unspecified atom stereocenters. The van der Waals surface area contributed by atoms with E-state index in [1.54, 1.807) is 13.1 Å². The van der Waals surface area contributed by atoms with Crippen LogP contribution in [-0.2, 0) is 0 Å². The molecule has 0 spiro atoms. The van der Waals surface area contributed by atoms with Gasteiger partial charge in [-0.3, -0.25) is 9.59 Å². The highest BCUT2D eigenvalue weighted by molar-refractivity contribution is 5.92. The normalized spacial score (nSPS) is 18.2. The third-order valence-corrected chi connectivity index (χ3v) is 3.69. The SMILES string of the molecule is Cc1ncc(C(=O)N[C@H]2CCCN(c3ncc[nH]c3=O)C2)[nH]1. The third-order valence-electron chi connectivity index (χ3n) is 3.69. The molecule has 0 radical (unpaired) electrons. The fraction of sp³-hybridized carbons (Fsp3) is 0.429. The molecule has 1 saturated heterocycles. The molecule has 3 N–H and O–H groups in total. The molecule has 1 aliphatic rings. The van der Waals surface area contributed by atoms with Gasteiger partial charge in [0, 0.05) is 31.5 Å². The molecule has 1 aliphatic heterocycles. The van der Waals surface area contributed by atoms with Crippen LogP contribution in [0.3, 0.4) is 0 Å². The van der Waals surface area contributed by atoms with E-state index < -0.39 is 0 Å². The second-order valence-electron chi connectivity index (χ2n) is 5.38. The van der Waals surface area contributed by atoms with Crippen LogP contribution >= 0.6 is 0 Å². The topological polar surface area (TPSA) is 107 Å². The van der Waals surface area contributed by atoms with Gasteiger partial charge in [-0.05, 0) is 19.8 Å². The maximum absolute atomic E-state index is 12.2. The maximum Gasteiger partial charge on any atom is 0.290 e. The van der Waals surface area contributed by atoms with Gasteiger partial charge in [0.25, 0.3) is 11.5 Å². The van der Waals surface area contributed by atoms with Crippen LogP contribution in [0.15, 0.2) is 23.4 Å². The number of carbonyl (C=O) groups is 1.